The molecule has 3 rings (SSSR count). The predicted octanol–water partition coefficient (Wildman–Crippen LogP) is 2.42. The number of H-pyrrole nitrogens is 1. The maximum Gasteiger partial charge on any atom is 0.181 e. The van der Waals surface area contributed by atoms with Crippen LogP contribution in [0.5, 0.6) is 5.75 Å². The van der Waals surface area contributed by atoms with Crippen molar-refractivity contribution in [1.29, 1.82) is 0 Å². The normalized spacial score (nSPS) is 12.2. The summed E-state index contributed by atoms with van der Waals surface area (Å²) in [7, 11) is 0. The third kappa shape index (κ3) is 3.09. The molecule has 2 aromatic carbocycles. The van der Waals surface area contributed by atoms with Gasteiger partial charge in [-0.25, -0.2) is 4.98 Å². The summed E-state index contributed by atoms with van der Waals surface area (Å²) in [4.78, 5) is 4.41. The van der Waals surface area contributed by atoms with Crippen molar-refractivity contribution in [3.63, 3.8) is 0 Å². The molecule has 0 bridgehead atoms. The molecule has 0 aliphatic carbocycles. The first-order valence-corrected chi connectivity index (χ1v) is 6.73. The smallest absolute Gasteiger partial charge is 0.181 e. The Labute approximate surface area is 122 Å². The van der Waals surface area contributed by atoms with Crippen LogP contribution >= 0.6 is 0 Å². The number of benzene rings is 2. The van der Waals surface area contributed by atoms with Crippen LogP contribution in [0.4, 0.5) is 0 Å². The van der Waals surface area contributed by atoms with Crippen molar-refractivity contribution in [2.75, 3.05) is 0 Å². The molecule has 4 N–H and O–H groups in total. The zero-order valence-corrected chi connectivity index (χ0v) is 11.4. The largest absolute Gasteiger partial charge is 0.508 e. The van der Waals surface area contributed by atoms with Crippen LogP contribution < -0.4 is 5.73 Å². The third-order valence-corrected chi connectivity index (χ3v) is 3.26. The predicted molar refractivity (Wildman–Crippen MR) is 80.6 cm³/mol. The molecule has 5 nitrogen and oxygen atoms in total. The van der Waals surface area contributed by atoms with Gasteiger partial charge < -0.3 is 10.8 Å². The van der Waals surface area contributed by atoms with Gasteiger partial charge in [-0.3, -0.25) is 5.10 Å². The van der Waals surface area contributed by atoms with Gasteiger partial charge >= 0.3 is 0 Å². The number of nitrogens with zero attached hydrogens (tertiary/aromatic N) is 2. The van der Waals surface area contributed by atoms with Gasteiger partial charge in [0.25, 0.3) is 0 Å². The third-order valence-electron chi connectivity index (χ3n) is 3.26. The Morgan fingerprint density at radius 3 is 2.67 bits per heavy atom. The first-order chi connectivity index (χ1) is 10.2. The van der Waals surface area contributed by atoms with Gasteiger partial charge in [-0.1, -0.05) is 42.5 Å². The summed E-state index contributed by atoms with van der Waals surface area (Å²) in [6, 6.07) is 16.6. The number of aromatic hydroxyl groups is 1. The van der Waals surface area contributed by atoms with E-state index in [1.807, 2.05) is 36.4 Å². The fourth-order valence-electron chi connectivity index (χ4n) is 2.18. The molecular formula is C16H16N4O. The highest BCUT2D eigenvalue weighted by molar-refractivity contribution is 5.56. The minimum absolute atomic E-state index is 0.187. The highest BCUT2D eigenvalue weighted by Crippen LogP contribution is 2.21. The van der Waals surface area contributed by atoms with E-state index < -0.39 is 0 Å². The molecule has 1 heterocycles. The van der Waals surface area contributed by atoms with Gasteiger partial charge in [0.15, 0.2) is 5.82 Å². The molecule has 0 spiro atoms. The standard InChI is InChI=1S/C16H16N4O/c17-14(9-11-5-2-1-3-6-11)16-18-15(19-20-16)12-7-4-8-13(21)10-12/h1-8,10,14,21H,9,17H2,(H,18,19,20)/t14-/m0/s1. The summed E-state index contributed by atoms with van der Waals surface area (Å²) in [5.74, 6) is 1.36. The monoisotopic (exact) mass is 280 g/mol. The number of nitrogens with two attached hydrogens (primary N) is 1. The van der Waals surface area contributed by atoms with Crippen LogP contribution in [0.15, 0.2) is 54.6 Å². The Morgan fingerprint density at radius 2 is 1.90 bits per heavy atom. The molecule has 3 aromatic rings. The van der Waals surface area contributed by atoms with Crippen molar-refractivity contribution in [1.82, 2.24) is 15.2 Å². The summed E-state index contributed by atoms with van der Waals surface area (Å²) in [6.07, 6.45) is 0.690. The Morgan fingerprint density at radius 1 is 1.10 bits per heavy atom. The second-order valence-corrected chi connectivity index (χ2v) is 4.89. The zero-order chi connectivity index (χ0) is 14.7. The first kappa shape index (κ1) is 13.3. The van der Waals surface area contributed by atoms with Gasteiger partial charge in [0.05, 0.1) is 6.04 Å². The van der Waals surface area contributed by atoms with E-state index in [0.717, 1.165) is 11.1 Å². The van der Waals surface area contributed by atoms with E-state index in [4.69, 9.17) is 5.73 Å². The maximum absolute atomic E-state index is 9.49. The number of hydrogen-bond acceptors (Lipinski definition) is 4. The van der Waals surface area contributed by atoms with Crippen LogP contribution in [0.2, 0.25) is 0 Å². The number of hydrogen-bond donors (Lipinski definition) is 3. The molecule has 0 aliphatic heterocycles. The van der Waals surface area contributed by atoms with Crippen LogP contribution in [0.1, 0.15) is 17.4 Å². The minimum Gasteiger partial charge on any atom is -0.508 e. The average molecular weight is 280 g/mol. The molecule has 0 amide bonds. The Hall–Kier alpha value is -2.66. The number of phenolic OH excluding ortho intramolecular Hbond substituents is 1. The highest BCUT2D eigenvalue weighted by Gasteiger charge is 2.13. The molecule has 5 heteroatoms. The summed E-state index contributed by atoms with van der Waals surface area (Å²) in [6.45, 7) is 0. The van der Waals surface area contributed by atoms with E-state index in [0.29, 0.717) is 18.1 Å². The Bertz CT molecular complexity index is 724. The molecular weight excluding hydrogens is 264 g/mol. The lowest BCUT2D eigenvalue weighted by molar-refractivity contribution is 0.475. The fourth-order valence-corrected chi connectivity index (χ4v) is 2.18. The zero-order valence-electron chi connectivity index (χ0n) is 11.4. The van der Waals surface area contributed by atoms with E-state index in [2.05, 4.69) is 15.2 Å². The first-order valence-electron chi connectivity index (χ1n) is 6.73. The van der Waals surface area contributed by atoms with Crippen LogP contribution in [0.3, 0.4) is 0 Å². The van der Waals surface area contributed by atoms with Crippen molar-refractivity contribution in [3.8, 4) is 17.1 Å². The quantitative estimate of drug-likeness (QED) is 0.685. The summed E-state index contributed by atoms with van der Waals surface area (Å²) < 4.78 is 0. The van der Waals surface area contributed by atoms with Crippen molar-refractivity contribution in [2.45, 2.75) is 12.5 Å². The minimum atomic E-state index is -0.244. The number of nitrogens with one attached hydrogen (secondary N) is 1. The summed E-state index contributed by atoms with van der Waals surface area (Å²) in [5.41, 5.74) is 8.07. The van der Waals surface area contributed by atoms with Crippen molar-refractivity contribution in [2.24, 2.45) is 5.73 Å². The number of aromatic amines is 1. The van der Waals surface area contributed by atoms with Gasteiger partial charge in [-0.05, 0) is 24.1 Å². The number of phenols is 1. The molecule has 1 aromatic heterocycles. The average Bonchev–Trinajstić information content (AvgIpc) is 2.98. The lowest BCUT2D eigenvalue weighted by Crippen LogP contribution is -2.15. The number of rotatable bonds is 4. The van der Waals surface area contributed by atoms with E-state index in [1.165, 1.54) is 0 Å². The van der Waals surface area contributed by atoms with Gasteiger partial charge in [-0.15, -0.1) is 0 Å². The lowest BCUT2D eigenvalue weighted by atomic mass is 10.1. The van der Waals surface area contributed by atoms with Crippen LogP contribution in [-0.2, 0) is 6.42 Å². The van der Waals surface area contributed by atoms with Gasteiger partial charge in [-0.2, -0.15) is 5.10 Å². The van der Waals surface area contributed by atoms with Crippen LogP contribution in [0, 0.1) is 0 Å². The van der Waals surface area contributed by atoms with Gasteiger partial charge in [0.1, 0.15) is 11.6 Å². The van der Waals surface area contributed by atoms with Gasteiger partial charge in [0.2, 0.25) is 0 Å². The van der Waals surface area contributed by atoms with E-state index in [1.54, 1.807) is 18.2 Å². The van der Waals surface area contributed by atoms with E-state index in [-0.39, 0.29) is 11.8 Å². The van der Waals surface area contributed by atoms with Crippen molar-refractivity contribution < 1.29 is 5.11 Å². The summed E-state index contributed by atoms with van der Waals surface area (Å²) >= 11 is 0. The van der Waals surface area contributed by atoms with Crippen molar-refractivity contribution in [3.05, 3.63) is 66.0 Å². The second kappa shape index (κ2) is 5.76. The topological polar surface area (TPSA) is 87.8 Å². The SMILES string of the molecule is N[C@@H](Cc1ccccc1)c1nc(-c2cccc(O)c2)n[nH]1. The second-order valence-electron chi connectivity index (χ2n) is 4.89. The van der Waals surface area contributed by atoms with Crippen LogP contribution in [0.25, 0.3) is 11.4 Å². The lowest BCUT2D eigenvalue weighted by Gasteiger charge is -2.07. The van der Waals surface area contributed by atoms with Gasteiger partial charge in [0, 0.05) is 5.56 Å². The molecule has 1 atom stereocenters. The van der Waals surface area contributed by atoms with Crippen LogP contribution in [-0.4, -0.2) is 20.3 Å². The summed E-state index contributed by atoms with van der Waals surface area (Å²) in [5, 5.41) is 16.5. The molecule has 0 saturated heterocycles. The maximum atomic E-state index is 9.49. The Kier molecular flexibility index (Phi) is 3.66. The Balaban J connectivity index is 1.78. The number of aromatic nitrogens is 3. The van der Waals surface area contributed by atoms with E-state index >= 15 is 0 Å². The highest BCUT2D eigenvalue weighted by atomic mass is 16.3. The molecule has 0 fully saturated rings. The molecule has 0 saturated carbocycles. The molecule has 21 heavy (non-hydrogen) atoms. The van der Waals surface area contributed by atoms with E-state index in [9.17, 15) is 5.11 Å². The molecule has 0 unspecified atom stereocenters. The molecule has 106 valence electrons. The van der Waals surface area contributed by atoms with Crippen molar-refractivity contribution >= 4 is 0 Å². The molecule has 0 aliphatic rings. The molecule has 0 radical (unpaired) electrons. The fraction of sp³-hybridized carbons (Fsp3) is 0.125.